The van der Waals surface area contributed by atoms with Gasteiger partial charge < -0.3 is 10.4 Å². The molecule has 3 rings (SSSR count). The van der Waals surface area contributed by atoms with Crippen LogP contribution in [0.1, 0.15) is 0 Å². The second kappa shape index (κ2) is 4.33. The number of hydrogen-bond acceptors (Lipinski definition) is 3. The Morgan fingerprint density at radius 2 is 1.89 bits per heavy atom. The van der Waals surface area contributed by atoms with E-state index in [1.807, 2.05) is 42.5 Å². The van der Waals surface area contributed by atoms with Crippen LogP contribution in [0.5, 0.6) is 0 Å². The van der Waals surface area contributed by atoms with Gasteiger partial charge in [0.05, 0.1) is 16.7 Å². The number of anilines is 1. The first-order chi connectivity index (χ1) is 8.76. The summed E-state index contributed by atoms with van der Waals surface area (Å²) in [5.74, 6) is 6.19. The van der Waals surface area contributed by atoms with E-state index in [0.717, 1.165) is 28.1 Å². The third kappa shape index (κ3) is 1.92. The standard InChI is InChI=1S/C13H11ClN4/c14-9-3-1-8(2-4-9)13-16-11-6-5-10(18-15)7-12(11)17-13/h1-7,18H,15H2,(H,16,17). The number of H-pyrrole nitrogens is 1. The number of benzene rings is 2. The lowest BCUT2D eigenvalue weighted by Gasteiger charge is -1.97. The van der Waals surface area contributed by atoms with Crippen LogP contribution < -0.4 is 11.3 Å². The van der Waals surface area contributed by atoms with Gasteiger partial charge >= 0.3 is 0 Å². The number of fused-ring (bicyclic) bond motifs is 1. The molecule has 0 aliphatic heterocycles. The molecule has 5 heteroatoms. The number of nitrogens with two attached hydrogens (primary N) is 1. The largest absolute Gasteiger partial charge is 0.338 e. The molecule has 2 aromatic carbocycles. The predicted molar refractivity (Wildman–Crippen MR) is 74.3 cm³/mol. The number of imidazole rings is 1. The Morgan fingerprint density at radius 3 is 2.61 bits per heavy atom. The molecule has 0 aliphatic rings. The van der Waals surface area contributed by atoms with Crippen molar-refractivity contribution in [3.05, 3.63) is 47.5 Å². The molecule has 0 aliphatic carbocycles. The molecule has 0 spiro atoms. The van der Waals surface area contributed by atoms with E-state index in [1.165, 1.54) is 0 Å². The smallest absolute Gasteiger partial charge is 0.138 e. The second-order valence-corrected chi connectivity index (χ2v) is 4.41. The summed E-state index contributed by atoms with van der Waals surface area (Å²) in [7, 11) is 0. The second-order valence-electron chi connectivity index (χ2n) is 3.97. The SMILES string of the molecule is NNc1ccc2nc(-c3ccc(Cl)cc3)[nH]c2c1. The van der Waals surface area contributed by atoms with Crippen molar-refractivity contribution in [2.24, 2.45) is 5.84 Å². The summed E-state index contributed by atoms with van der Waals surface area (Å²) in [6.45, 7) is 0. The van der Waals surface area contributed by atoms with Crippen molar-refractivity contribution in [2.45, 2.75) is 0 Å². The number of nitrogens with zero attached hydrogens (tertiary/aromatic N) is 1. The van der Waals surface area contributed by atoms with E-state index in [4.69, 9.17) is 17.4 Å². The molecule has 4 nitrogen and oxygen atoms in total. The molecular formula is C13H11ClN4. The van der Waals surface area contributed by atoms with E-state index >= 15 is 0 Å². The normalized spacial score (nSPS) is 10.8. The molecule has 0 amide bonds. The third-order valence-electron chi connectivity index (χ3n) is 2.77. The Morgan fingerprint density at radius 1 is 1.11 bits per heavy atom. The van der Waals surface area contributed by atoms with E-state index in [9.17, 15) is 0 Å². The quantitative estimate of drug-likeness (QED) is 0.489. The van der Waals surface area contributed by atoms with Crippen molar-refractivity contribution in [3.63, 3.8) is 0 Å². The van der Waals surface area contributed by atoms with Gasteiger partial charge in [0, 0.05) is 10.6 Å². The van der Waals surface area contributed by atoms with Crippen LogP contribution in [-0.2, 0) is 0 Å². The Hall–Kier alpha value is -2.04. The molecule has 1 aromatic heterocycles. The lowest BCUT2D eigenvalue weighted by Crippen LogP contribution is -2.05. The van der Waals surface area contributed by atoms with Crippen molar-refractivity contribution in [1.29, 1.82) is 0 Å². The summed E-state index contributed by atoms with van der Waals surface area (Å²) in [5.41, 5.74) is 6.29. The third-order valence-corrected chi connectivity index (χ3v) is 3.02. The van der Waals surface area contributed by atoms with Crippen molar-refractivity contribution < 1.29 is 0 Å². The minimum atomic E-state index is 0.712. The van der Waals surface area contributed by atoms with Gasteiger partial charge in [-0.15, -0.1) is 0 Å². The highest BCUT2D eigenvalue weighted by Gasteiger charge is 2.05. The summed E-state index contributed by atoms with van der Waals surface area (Å²) in [6, 6.07) is 13.3. The summed E-state index contributed by atoms with van der Waals surface area (Å²) >= 11 is 5.86. The molecule has 18 heavy (non-hydrogen) atoms. The first-order valence-electron chi connectivity index (χ1n) is 5.48. The van der Waals surface area contributed by atoms with E-state index in [0.29, 0.717) is 5.02 Å². The minimum Gasteiger partial charge on any atom is -0.338 e. The average Bonchev–Trinajstić information content (AvgIpc) is 2.82. The van der Waals surface area contributed by atoms with Gasteiger partial charge in [-0.2, -0.15) is 0 Å². The van der Waals surface area contributed by atoms with E-state index in [2.05, 4.69) is 15.4 Å². The maximum atomic E-state index is 5.86. The van der Waals surface area contributed by atoms with Crippen LogP contribution in [-0.4, -0.2) is 9.97 Å². The summed E-state index contributed by atoms with van der Waals surface area (Å²) in [5, 5.41) is 0.712. The zero-order valence-corrected chi connectivity index (χ0v) is 10.2. The number of aromatic amines is 1. The lowest BCUT2D eigenvalue weighted by atomic mass is 10.2. The van der Waals surface area contributed by atoms with Gasteiger partial charge in [-0.1, -0.05) is 11.6 Å². The molecule has 0 atom stereocenters. The van der Waals surface area contributed by atoms with Crippen LogP contribution in [0.15, 0.2) is 42.5 Å². The topological polar surface area (TPSA) is 66.7 Å². The highest BCUT2D eigenvalue weighted by atomic mass is 35.5. The maximum absolute atomic E-state index is 5.86. The first kappa shape index (κ1) is 11.1. The molecule has 0 bridgehead atoms. The molecule has 0 fully saturated rings. The summed E-state index contributed by atoms with van der Waals surface area (Å²) in [6.07, 6.45) is 0. The molecular weight excluding hydrogens is 248 g/mol. The number of rotatable bonds is 2. The van der Waals surface area contributed by atoms with Crippen molar-refractivity contribution >= 4 is 28.3 Å². The van der Waals surface area contributed by atoms with Gasteiger partial charge in [0.25, 0.3) is 0 Å². The fraction of sp³-hybridized carbons (Fsp3) is 0. The van der Waals surface area contributed by atoms with Gasteiger partial charge in [0.1, 0.15) is 5.82 Å². The van der Waals surface area contributed by atoms with Crippen LogP contribution in [0.4, 0.5) is 5.69 Å². The Labute approximate surface area is 109 Å². The monoisotopic (exact) mass is 258 g/mol. The first-order valence-corrected chi connectivity index (χ1v) is 5.86. The number of nitrogen functional groups attached to an aromatic ring is 1. The van der Waals surface area contributed by atoms with Crippen LogP contribution in [0.2, 0.25) is 5.02 Å². The Balaban J connectivity index is 2.10. The van der Waals surface area contributed by atoms with Crippen LogP contribution in [0.3, 0.4) is 0 Å². The lowest BCUT2D eigenvalue weighted by molar-refractivity contribution is 1.33. The molecule has 0 saturated carbocycles. The van der Waals surface area contributed by atoms with Gasteiger partial charge in [0.2, 0.25) is 0 Å². The molecule has 0 saturated heterocycles. The van der Waals surface area contributed by atoms with E-state index in [-0.39, 0.29) is 0 Å². The number of aromatic nitrogens is 2. The number of hydrogen-bond donors (Lipinski definition) is 3. The zero-order chi connectivity index (χ0) is 12.5. The number of nitrogens with one attached hydrogen (secondary N) is 2. The highest BCUT2D eigenvalue weighted by molar-refractivity contribution is 6.30. The summed E-state index contributed by atoms with van der Waals surface area (Å²) < 4.78 is 0. The van der Waals surface area contributed by atoms with Crippen LogP contribution in [0.25, 0.3) is 22.4 Å². The number of hydrazine groups is 1. The minimum absolute atomic E-state index is 0.712. The van der Waals surface area contributed by atoms with E-state index in [1.54, 1.807) is 0 Å². The molecule has 0 unspecified atom stereocenters. The van der Waals surface area contributed by atoms with Gasteiger partial charge in [0.15, 0.2) is 0 Å². The fourth-order valence-corrected chi connectivity index (χ4v) is 1.97. The Kier molecular flexibility index (Phi) is 2.66. The highest BCUT2D eigenvalue weighted by Crippen LogP contribution is 2.23. The summed E-state index contributed by atoms with van der Waals surface area (Å²) in [4.78, 5) is 7.78. The van der Waals surface area contributed by atoms with Crippen LogP contribution in [0, 0.1) is 0 Å². The van der Waals surface area contributed by atoms with Gasteiger partial charge in [-0.05, 0) is 42.5 Å². The number of halogens is 1. The average molecular weight is 259 g/mol. The van der Waals surface area contributed by atoms with Crippen molar-refractivity contribution in [1.82, 2.24) is 9.97 Å². The molecule has 0 radical (unpaired) electrons. The zero-order valence-electron chi connectivity index (χ0n) is 9.44. The van der Waals surface area contributed by atoms with Gasteiger partial charge in [-0.3, -0.25) is 5.84 Å². The van der Waals surface area contributed by atoms with Gasteiger partial charge in [-0.25, -0.2) is 4.98 Å². The predicted octanol–water partition coefficient (Wildman–Crippen LogP) is 3.17. The van der Waals surface area contributed by atoms with Crippen LogP contribution >= 0.6 is 11.6 Å². The van der Waals surface area contributed by atoms with Crippen molar-refractivity contribution in [2.75, 3.05) is 5.43 Å². The maximum Gasteiger partial charge on any atom is 0.138 e. The van der Waals surface area contributed by atoms with Crippen molar-refractivity contribution in [3.8, 4) is 11.4 Å². The molecule has 1 heterocycles. The fourth-order valence-electron chi connectivity index (χ4n) is 1.84. The Bertz CT molecular complexity index is 688. The molecule has 90 valence electrons. The molecule has 4 N–H and O–H groups in total. The molecule has 3 aromatic rings. The van der Waals surface area contributed by atoms with E-state index < -0.39 is 0 Å².